The fourth-order valence-corrected chi connectivity index (χ4v) is 2.75. The maximum absolute atomic E-state index is 8.58. The Kier molecular flexibility index (Phi) is 8.58. The van der Waals surface area contributed by atoms with Gasteiger partial charge in [0.15, 0.2) is 0 Å². The summed E-state index contributed by atoms with van der Waals surface area (Å²) in [4.78, 5) is 22.7. The summed E-state index contributed by atoms with van der Waals surface area (Å²) in [5.74, 6) is 0.634. The first-order valence-corrected chi connectivity index (χ1v) is 9.22. The van der Waals surface area contributed by atoms with Gasteiger partial charge in [-0.25, -0.2) is 4.98 Å². The van der Waals surface area contributed by atoms with Crippen LogP contribution in [0.15, 0.2) is 57.7 Å². The van der Waals surface area contributed by atoms with E-state index in [-0.39, 0.29) is 12.5 Å². The van der Waals surface area contributed by atoms with Gasteiger partial charge >= 0.3 is 0 Å². The molecule has 154 valence electrons. The number of fused-ring (bicyclic) bond motifs is 1. The Morgan fingerprint density at radius 1 is 1.45 bits per heavy atom. The zero-order chi connectivity index (χ0) is 21.1. The number of amides is 1. The second-order valence-corrected chi connectivity index (χ2v) is 6.25. The average Bonchev–Trinajstić information content (AvgIpc) is 2.73. The van der Waals surface area contributed by atoms with Crippen molar-refractivity contribution in [3.05, 3.63) is 53.3 Å². The number of primary amides is 1. The molecule has 2 aliphatic rings. The fraction of sp³-hybridized carbons (Fsp3) is 0.300. The van der Waals surface area contributed by atoms with Crippen LogP contribution in [0.3, 0.4) is 0 Å². The van der Waals surface area contributed by atoms with Crippen LogP contribution < -0.4 is 22.5 Å². The largest absolute Gasteiger partial charge is 0.396 e. The molecule has 1 aliphatic carbocycles. The SMILES string of the molecule is C/C(=N\OCCN)c1ccc(N)c(NCC2=CCC3N=CC=CC3=C2)n1.NC=O. The van der Waals surface area contributed by atoms with E-state index in [1.165, 1.54) is 11.1 Å². The van der Waals surface area contributed by atoms with Crippen molar-refractivity contribution in [2.24, 2.45) is 21.6 Å². The number of hydrogen-bond acceptors (Lipinski definition) is 8. The minimum Gasteiger partial charge on any atom is -0.396 e. The molecule has 9 heteroatoms. The summed E-state index contributed by atoms with van der Waals surface area (Å²) in [5.41, 5.74) is 20.0. The lowest BCUT2D eigenvalue weighted by molar-refractivity contribution is -0.106. The van der Waals surface area contributed by atoms with Crippen LogP contribution in [0.5, 0.6) is 0 Å². The highest BCUT2D eigenvalue weighted by molar-refractivity contribution is 5.97. The van der Waals surface area contributed by atoms with Crippen molar-refractivity contribution in [2.45, 2.75) is 19.4 Å². The molecule has 0 bridgehead atoms. The fourth-order valence-electron chi connectivity index (χ4n) is 2.75. The van der Waals surface area contributed by atoms with Crippen LogP contribution in [0.4, 0.5) is 11.5 Å². The van der Waals surface area contributed by atoms with Crippen molar-refractivity contribution in [1.29, 1.82) is 0 Å². The first-order chi connectivity index (χ1) is 14.1. The lowest BCUT2D eigenvalue weighted by atomic mass is 9.93. The zero-order valence-electron chi connectivity index (χ0n) is 16.4. The maximum Gasteiger partial charge on any atom is 0.204 e. The minimum atomic E-state index is 0.250. The normalized spacial score (nSPS) is 17.3. The number of rotatable bonds is 7. The number of nitrogens with zero attached hydrogens (tertiary/aromatic N) is 3. The molecule has 1 aliphatic heterocycles. The third-order valence-corrected chi connectivity index (χ3v) is 4.15. The first-order valence-electron chi connectivity index (χ1n) is 9.22. The van der Waals surface area contributed by atoms with E-state index in [9.17, 15) is 0 Å². The van der Waals surface area contributed by atoms with Crippen LogP contribution in [0.2, 0.25) is 0 Å². The number of nitrogens with two attached hydrogens (primary N) is 3. The van der Waals surface area contributed by atoms with Gasteiger partial charge in [-0.3, -0.25) is 9.79 Å². The van der Waals surface area contributed by atoms with E-state index in [0.717, 1.165) is 6.42 Å². The lowest BCUT2D eigenvalue weighted by Gasteiger charge is -2.21. The van der Waals surface area contributed by atoms with Crippen LogP contribution in [0.1, 0.15) is 19.0 Å². The molecule has 0 radical (unpaired) electrons. The molecule has 29 heavy (non-hydrogen) atoms. The molecule has 1 amide bonds. The molecule has 0 aromatic carbocycles. The molecule has 0 fully saturated rings. The van der Waals surface area contributed by atoms with Crippen molar-refractivity contribution in [2.75, 3.05) is 30.7 Å². The number of anilines is 2. The van der Waals surface area contributed by atoms with Crippen molar-refractivity contribution in [1.82, 2.24) is 4.98 Å². The van der Waals surface area contributed by atoms with Crippen LogP contribution in [0.25, 0.3) is 0 Å². The Hall–Kier alpha value is -3.46. The highest BCUT2D eigenvalue weighted by atomic mass is 16.6. The zero-order valence-corrected chi connectivity index (χ0v) is 16.4. The molecule has 1 aromatic heterocycles. The third kappa shape index (κ3) is 6.58. The number of oxime groups is 1. The van der Waals surface area contributed by atoms with Gasteiger partial charge in [0.05, 0.1) is 17.4 Å². The standard InChI is InChI=1S/C19H24N6O.CH3NO/c1-13(25-26-10-8-20)17-7-5-16(21)19(24-17)23-12-14-4-6-18-15(11-14)3-2-9-22-18;2-1-3/h2-5,7,9,11,18H,6,8,10,12,20-21H2,1H3,(H,23,24);1H,(H2,2,3)/b25-13+;. The Morgan fingerprint density at radius 2 is 2.24 bits per heavy atom. The third-order valence-electron chi connectivity index (χ3n) is 4.15. The Morgan fingerprint density at radius 3 is 3.00 bits per heavy atom. The molecule has 1 unspecified atom stereocenters. The molecule has 0 saturated heterocycles. The van der Waals surface area contributed by atoms with E-state index in [2.05, 4.69) is 44.4 Å². The molecule has 1 aromatic rings. The Balaban J connectivity index is 0.000000941. The number of aromatic nitrogens is 1. The number of hydrogen-bond donors (Lipinski definition) is 4. The van der Waals surface area contributed by atoms with Crippen LogP contribution in [-0.2, 0) is 9.63 Å². The smallest absolute Gasteiger partial charge is 0.204 e. The van der Waals surface area contributed by atoms with Crippen molar-refractivity contribution < 1.29 is 9.63 Å². The summed E-state index contributed by atoms with van der Waals surface area (Å²) in [5, 5.41) is 7.33. The lowest BCUT2D eigenvalue weighted by Crippen LogP contribution is -2.16. The number of nitrogen functional groups attached to an aromatic ring is 1. The minimum absolute atomic E-state index is 0.250. The van der Waals surface area contributed by atoms with Gasteiger partial charge in [0.25, 0.3) is 0 Å². The predicted octanol–water partition coefficient (Wildman–Crippen LogP) is 1.14. The van der Waals surface area contributed by atoms with Gasteiger partial charge in [-0.1, -0.05) is 23.4 Å². The van der Waals surface area contributed by atoms with Gasteiger partial charge in [-0.15, -0.1) is 0 Å². The number of carbonyl (C=O) groups excluding carboxylic acids is 1. The van der Waals surface area contributed by atoms with Gasteiger partial charge in [0.1, 0.15) is 18.1 Å². The summed E-state index contributed by atoms with van der Waals surface area (Å²) in [6, 6.07) is 3.89. The Labute approximate surface area is 170 Å². The number of allylic oxidation sites excluding steroid dienone is 1. The topological polar surface area (TPSA) is 154 Å². The average molecular weight is 397 g/mol. The molecule has 2 heterocycles. The molecule has 9 nitrogen and oxygen atoms in total. The number of carbonyl (C=O) groups is 1. The van der Waals surface area contributed by atoms with Crippen LogP contribution >= 0.6 is 0 Å². The van der Waals surface area contributed by atoms with Crippen molar-refractivity contribution in [3.8, 4) is 0 Å². The van der Waals surface area contributed by atoms with Crippen LogP contribution in [-0.4, -0.2) is 49.1 Å². The van der Waals surface area contributed by atoms with E-state index in [0.29, 0.717) is 42.6 Å². The van der Waals surface area contributed by atoms with Gasteiger partial charge < -0.3 is 27.4 Å². The summed E-state index contributed by atoms with van der Waals surface area (Å²) in [6.45, 7) is 3.28. The van der Waals surface area contributed by atoms with E-state index < -0.39 is 0 Å². The highest BCUT2D eigenvalue weighted by Crippen LogP contribution is 2.24. The highest BCUT2D eigenvalue weighted by Gasteiger charge is 2.16. The molecular formula is C20H27N7O2. The van der Waals surface area contributed by atoms with Crippen molar-refractivity contribution >= 4 is 29.8 Å². The number of dihydropyridines is 1. The van der Waals surface area contributed by atoms with Crippen LogP contribution in [0, 0.1) is 0 Å². The van der Waals surface area contributed by atoms with Gasteiger partial charge in [0, 0.05) is 19.3 Å². The first kappa shape index (κ1) is 21.8. The van der Waals surface area contributed by atoms with Crippen molar-refractivity contribution in [3.63, 3.8) is 0 Å². The molecular weight excluding hydrogens is 370 g/mol. The molecule has 0 spiro atoms. The maximum atomic E-state index is 8.58. The number of aliphatic imine (C=N–C) groups is 1. The van der Waals surface area contributed by atoms with Gasteiger partial charge in [-0.05, 0) is 42.7 Å². The second-order valence-electron chi connectivity index (χ2n) is 6.25. The molecule has 7 N–H and O–H groups in total. The molecule has 0 saturated carbocycles. The summed E-state index contributed by atoms with van der Waals surface area (Å²) in [7, 11) is 0. The quantitative estimate of drug-likeness (QED) is 0.234. The monoisotopic (exact) mass is 397 g/mol. The number of pyridine rings is 1. The molecule has 1 atom stereocenters. The van der Waals surface area contributed by atoms with E-state index in [4.69, 9.17) is 21.1 Å². The number of nitrogens with one attached hydrogen (secondary N) is 1. The molecule has 3 rings (SSSR count). The van der Waals surface area contributed by atoms with E-state index in [1.54, 1.807) is 0 Å². The van der Waals surface area contributed by atoms with Gasteiger partial charge in [0.2, 0.25) is 6.41 Å². The predicted molar refractivity (Wildman–Crippen MR) is 117 cm³/mol. The van der Waals surface area contributed by atoms with E-state index >= 15 is 0 Å². The summed E-state index contributed by atoms with van der Waals surface area (Å²) < 4.78 is 0. The summed E-state index contributed by atoms with van der Waals surface area (Å²) in [6.07, 6.45) is 11.5. The second kappa shape index (κ2) is 11.4. The van der Waals surface area contributed by atoms with Gasteiger partial charge in [-0.2, -0.15) is 0 Å². The van der Waals surface area contributed by atoms with E-state index in [1.807, 2.05) is 31.3 Å². The Bertz CT molecular complexity index is 856. The summed E-state index contributed by atoms with van der Waals surface area (Å²) >= 11 is 0.